The number of aliphatic carboxylic acids is 1. The summed E-state index contributed by atoms with van der Waals surface area (Å²) in [5, 5.41) is 12.3. The van der Waals surface area contributed by atoms with Gasteiger partial charge in [0.2, 0.25) is 0 Å². The van der Waals surface area contributed by atoms with E-state index >= 15 is 0 Å². The van der Waals surface area contributed by atoms with E-state index in [2.05, 4.69) is 16.8 Å². The Morgan fingerprint density at radius 3 is 2.45 bits per heavy atom. The number of ketones is 1. The van der Waals surface area contributed by atoms with E-state index in [4.69, 9.17) is 5.11 Å². The number of benzene rings is 1. The molecule has 0 aliphatic rings. The average molecular weight is 427 g/mol. The summed E-state index contributed by atoms with van der Waals surface area (Å²) in [6.07, 6.45) is 9.69. The molecule has 5 nitrogen and oxygen atoms in total. The lowest BCUT2D eigenvalue weighted by molar-refractivity contribution is -0.137. The summed E-state index contributed by atoms with van der Waals surface area (Å²) in [7, 11) is 1.96. The number of hydrogen-bond acceptors (Lipinski definition) is 3. The van der Waals surface area contributed by atoms with Gasteiger partial charge in [-0.05, 0) is 43.9 Å². The van der Waals surface area contributed by atoms with Gasteiger partial charge in [-0.3, -0.25) is 9.59 Å². The van der Waals surface area contributed by atoms with Crippen molar-refractivity contribution >= 4 is 17.4 Å². The molecule has 2 N–H and O–H groups in total. The van der Waals surface area contributed by atoms with E-state index in [-0.39, 0.29) is 12.2 Å². The van der Waals surface area contributed by atoms with E-state index in [9.17, 15) is 9.59 Å². The molecule has 0 saturated heterocycles. The summed E-state index contributed by atoms with van der Waals surface area (Å²) >= 11 is 0. The second-order valence-electron chi connectivity index (χ2n) is 8.26. The fourth-order valence-corrected chi connectivity index (χ4v) is 4.05. The maximum Gasteiger partial charge on any atom is 0.303 e. The third-order valence-corrected chi connectivity index (χ3v) is 5.84. The first kappa shape index (κ1) is 24.7. The van der Waals surface area contributed by atoms with Crippen molar-refractivity contribution in [3.05, 3.63) is 52.8 Å². The van der Waals surface area contributed by atoms with Crippen LogP contribution < -0.4 is 5.32 Å². The van der Waals surface area contributed by atoms with Crippen molar-refractivity contribution in [3.8, 4) is 0 Å². The number of hydrogen-bond donors (Lipinski definition) is 2. The van der Waals surface area contributed by atoms with Crippen LogP contribution in [0, 0.1) is 0 Å². The van der Waals surface area contributed by atoms with Crippen molar-refractivity contribution in [2.75, 3.05) is 11.9 Å². The average Bonchev–Trinajstić information content (AvgIpc) is 3.08. The summed E-state index contributed by atoms with van der Waals surface area (Å²) < 4.78 is 2.05. The molecule has 5 heteroatoms. The van der Waals surface area contributed by atoms with Gasteiger partial charge < -0.3 is 15.0 Å². The molecule has 0 unspecified atom stereocenters. The van der Waals surface area contributed by atoms with Gasteiger partial charge in [0.1, 0.15) is 0 Å². The van der Waals surface area contributed by atoms with Crippen molar-refractivity contribution in [1.29, 1.82) is 0 Å². The lowest BCUT2D eigenvalue weighted by atomic mass is 10.0. The minimum Gasteiger partial charge on any atom is -0.481 e. The molecule has 2 aromatic rings. The van der Waals surface area contributed by atoms with Crippen molar-refractivity contribution in [1.82, 2.24) is 4.57 Å². The molecular formula is C26H38N2O3. The summed E-state index contributed by atoms with van der Waals surface area (Å²) in [5.41, 5.74) is 4.41. The zero-order chi connectivity index (χ0) is 22.6. The molecule has 1 aromatic heterocycles. The van der Waals surface area contributed by atoms with Crippen molar-refractivity contribution in [3.63, 3.8) is 0 Å². The highest BCUT2D eigenvalue weighted by Gasteiger charge is 2.19. The molecule has 31 heavy (non-hydrogen) atoms. The number of nitrogens with zero attached hydrogens (tertiary/aromatic N) is 1. The smallest absolute Gasteiger partial charge is 0.303 e. The summed E-state index contributed by atoms with van der Waals surface area (Å²) in [6, 6.07) is 9.69. The number of carbonyl (C=O) groups excluding carboxylic acids is 1. The van der Waals surface area contributed by atoms with E-state index in [0.29, 0.717) is 18.4 Å². The lowest BCUT2D eigenvalue weighted by Crippen LogP contribution is -2.07. The van der Waals surface area contributed by atoms with E-state index < -0.39 is 5.97 Å². The predicted molar refractivity (Wildman–Crippen MR) is 127 cm³/mol. The predicted octanol–water partition coefficient (Wildman–Crippen LogP) is 6.00. The molecule has 0 fully saturated rings. The van der Waals surface area contributed by atoms with Gasteiger partial charge in [0.05, 0.1) is 0 Å². The van der Waals surface area contributed by atoms with Gasteiger partial charge in [-0.15, -0.1) is 0 Å². The SMILES string of the molecule is CCCCCCCCNc1cccc(C(=O)c2cc(CCCC(=O)O)n(C)c2CC)c1. The van der Waals surface area contributed by atoms with E-state index in [0.717, 1.165) is 42.0 Å². The van der Waals surface area contributed by atoms with Gasteiger partial charge in [0, 0.05) is 48.2 Å². The minimum atomic E-state index is -0.786. The molecule has 0 aliphatic carbocycles. The molecule has 2 rings (SSSR count). The second-order valence-corrected chi connectivity index (χ2v) is 8.26. The molecule has 0 radical (unpaired) electrons. The molecule has 0 atom stereocenters. The van der Waals surface area contributed by atoms with E-state index in [1.165, 1.54) is 32.1 Å². The molecule has 0 aliphatic heterocycles. The topological polar surface area (TPSA) is 71.3 Å². The van der Waals surface area contributed by atoms with Crippen molar-refractivity contribution in [2.45, 2.75) is 78.1 Å². The fraction of sp³-hybridized carbons (Fsp3) is 0.538. The lowest BCUT2D eigenvalue weighted by Gasteiger charge is -2.09. The molecule has 0 bridgehead atoms. The standard InChI is InChI=1S/C26H38N2O3/c1-4-6-7-8-9-10-17-27-21-14-11-13-20(18-21)26(31)23-19-22(15-12-16-25(29)30)28(3)24(23)5-2/h11,13-14,18-19,27H,4-10,12,15-17H2,1-3H3,(H,29,30). The Labute approximate surface area is 186 Å². The Balaban J connectivity index is 2.02. The summed E-state index contributed by atoms with van der Waals surface area (Å²) in [5.74, 6) is -0.758. The summed E-state index contributed by atoms with van der Waals surface area (Å²) in [6.45, 7) is 5.20. The third kappa shape index (κ3) is 7.57. The van der Waals surface area contributed by atoms with Crippen LogP contribution in [0.25, 0.3) is 0 Å². The van der Waals surface area contributed by atoms with Crippen molar-refractivity contribution < 1.29 is 14.7 Å². The van der Waals surface area contributed by atoms with Gasteiger partial charge in [0.25, 0.3) is 0 Å². The van der Waals surface area contributed by atoms with Gasteiger partial charge in [-0.1, -0.05) is 58.1 Å². The Hall–Kier alpha value is -2.56. The zero-order valence-electron chi connectivity index (χ0n) is 19.4. The number of nitrogens with one attached hydrogen (secondary N) is 1. The van der Waals surface area contributed by atoms with E-state index in [1.54, 1.807) is 0 Å². The van der Waals surface area contributed by atoms with Gasteiger partial charge in [-0.2, -0.15) is 0 Å². The number of carboxylic acids is 1. The van der Waals surface area contributed by atoms with Crippen LogP contribution in [0.5, 0.6) is 0 Å². The van der Waals surface area contributed by atoms with Crippen LogP contribution in [-0.4, -0.2) is 28.0 Å². The largest absolute Gasteiger partial charge is 0.481 e. The highest BCUT2D eigenvalue weighted by molar-refractivity contribution is 6.10. The van der Waals surface area contributed by atoms with Gasteiger partial charge >= 0.3 is 5.97 Å². The Morgan fingerprint density at radius 2 is 1.74 bits per heavy atom. The van der Waals surface area contributed by atoms with Crippen LogP contribution in [-0.2, 0) is 24.7 Å². The van der Waals surface area contributed by atoms with Crippen molar-refractivity contribution in [2.24, 2.45) is 7.05 Å². The van der Waals surface area contributed by atoms with Gasteiger partial charge in [-0.25, -0.2) is 0 Å². The number of unbranched alkanes of at least 4 members (excludes halogenated alkanes) is 5. The minimum absolute atomic E-state index is 0.0279. The number of carbonyl (C=O) groups is 2. The quantitative estimate of drug-likeness (QED) is 0.271. The number of anilines is 1. The first-order valence-electron chi connectivity index (χ1n) is 11.8. The second kappa shape index (κ2) is 13.0. The molecule has 1 heterocycles. The number of aryl methyl sites for hydroxylation is 1. The molecule has 0 spiro atoms. The Kier molecular flexibility index (Phi) is 10.3. The number of rotatable bonds is 15. The van der Waals surface area contributed by atoms with Crippen LogP contribution in [0.15, 0.2) is 30.3 Å². The highest BCUT2D eigenvalue weighted by Crippen LogP contribution is 2.22. The number of aromatic nitrogens is 1. The van der Waals surface area contributed by atoms with Crippen LogP contribution >= 0.6 is 0 Å². The Bertz CT molecular complexity index is 854. The maximum absolute atomic E-state index is 13.3. The van der Waals surface area contributed by atoms with Gasteiger partial charge in [0.15, 0.2) is 5.78 Å². The highest BCUT2D eigenvalue weighted by atomic mass is 16.4. The first-order chi connectivity index (χ1) is 15.0. The molecule has 0 saturated carbocycles. The van der Waals surface area contributed by atoms with Crippen LogP contribution in [0.1, 0.15) is 92.5 Å². The molecule has 170 valence electrons. The molecule has 0 amide bonds. The first-order valence-corrected chi connectivity index (χ1v) is 11.8. The Morgan fingerprint density at radius 1 is 1.00 bits per heavy atom. The van der Waals surface area contributed by atoms with Crippen LogP contribution in [0.4, 0.5) is 5.69 Å². The fourth-order valence-electron chi connectivity index (χ4n) is 4.05. The van der Waals surface area contributed by atoms with Crippen LogP contribution in [0.2, 0.25) is 0 Å². The summed E-state index contributed by atoms with van der Waals surface area (Å²) in [4.78, 5) is 24.1. The number of carboxylic acid groups (broad SMARTS) is 1. The monoisotopic (exact) mass is 426 g/mol. The third-order valence-electron chi connectivity index (χ3n) is 5.84. The van der Waals surface area contributed by atoms with E-state index in [1.807, 2.05) is 44.3 Å². The molecule has 1 aromatic carbocycles. The zero-order valence-corrected chi connectivity index (χ0v) is 19.4. The normalized spacial score (nSPS) is 10.9. The van der Waals surface area contributed by atoms with Crippen LogP contribution in [0.3, 0.4) is 0 Å². The maximum atomic E-state index is 13.3. The molecular weight excluding hydrogens is 388 g/mol.